The molecular formula is C25H25NO3. The van der Waals surface area contributed by atoms with Gasteiger partial charge < -0.3 is 10.4 Å². The first-order chi connectivity index (χ1) is 13.9. The molecule has 0 heterocycles. The average molecular weight is 387 g/mol. The zero-order valence-electron chi connectivity index (χ0n) is 16.7. The fraction of sp³-hybridized carbons (Fsp3) is 0.200. The third-order valence-corrected chi connectivity index (χ3v) is 4.90. The number of allylic oxidation sites excluding steroid dienone is 1. The van der Waals surface area contributed by atoms with Crippen molar-refractivity contribution >= 4 is 28.7 Å². The second kappa shape index (κ2) is 8.74. The van der Waals surface area contributed by atoms with E-state index in [0.29, 0.717) is 5.56 Å². The number of fused-ring (bicyclic) bond motifs is 1. The first kappa shape index (κ1) is 20.3. The molecule has 3 rings (SSSR count). The number of nitrogens with one attached hydrogen (secondary N) is 1. The molecule has 0 atom stereocenters. The van der Waals surface area contributed by atoms with Gasteiger partial charge in [-0.1, -0.05) is 72.8 Å². The van der Waals surface area contributed by atoms with E-state index < -0.39 is 17.4 Å². The lowest BCUT2D eigenvalue weighted by Crippen LogP contribution is -2.49. The Balaban J connectivity index is 1.90. The van der Waals surface area contributed by atoms with Crippen molar-refractivity contribution in [3.05, 3.63) is 89.5 Å². The van der Waals surface area contributed by atoms with Gasteiger partial charge in [-0.05, 0) is 54.7 Å². The van der Waals surface area contributed by atoms with Gasteiger partial charge in [-0.3, -0.25) is 4.79 Å². The molecule has 3 aromatic carbocycles. The molecule has 29 heavy (non-hydrogen) atoms. The van der Waals surface area contributed by atoms with Crippen molar-refractivity contribution in [2.75, 3.05) is 0 Å². The molecule has 3 aromatic rings. The molecule has 148 valence electrons. The molecule has 4 nitrogen and oxygen atoms in total. The Hall–Kier alpha value is -3.40. The van der Waals surface area contributed by atoms with Crippen molar-refractivity contribution in [1.29, 1.82) is 0 Å². The van der Waals surface area contributed by atoms with Gasteiger partial charge in [-0.2, -0.15) is 0 Å². The summed E-state index contributed by atoms with van der Waals surface area (Å²) in [5, 5.41) is 13.9. The van der Waals surface area contributed by atoms with Crippen LogP contribution in [-0.2, 0) is 11.2 Å². The molecule has 0 bridgehead atoms. The Kier molecular flexibility index (Phi) is 6.13. The molecule has 0 aromatic heterocycles. The van der Waals surface area contributed by atoms with E-state index in [9.17, 15) is 14.7 Å². The molecule has 2 N–H and O–H groups in total. The van der Waals surface area contributed by atoms with Crippen molar-refractivity contribution < 1.29 is 14.7 Å². The van der Waals surface area contributed by atoms with Gasteiger partial charge in [-0.25, -0.2) is 4.79 Å². The van der Waals surface area contributed by atoms with Crippen LogP contribution in [0, 0.1) is 0 Å². The quantitative estimate of drug-likeness (QED) is 0.594. The van der Waals surface area contributed by atoms with E-state index in [4.69, 9.17) is 0 Å². The predicted octanol–water partition coefficient (Wildman–Crippen LogP) is 5.08. The third-order valence-electron chi connectivity index (χ3n) is 4.90. The van der Waals surface area contributed by atoms with Crippen LogP contribution in [-0.4, -0.2) is 22.5 Å². The SMILES string of the molecule is CC(C)(NC(=O)c1ccc2ccccc2c1/C=C\CCc1ccccc1)C(=O)O. The second-order valence-corrected chi connectivity index (χ2v) is 7.56. The lowest BCUT2D eigenvalue weighted by Gasteiger charge is -2.22. The van der Waals surface area contributed by atoms with Gasteiger partial charge in [0.15, 0.2) is 0 Å². The van der Waals surface area contributed by atoms with Crippen LogP contribution in [0.4, 0.5) is 0 Å². The Morgan fingerprint density at radius 1 is 0.966 bits per heavy atom. The highest BCUT2D eigenvalue weighted by Gasteiger charge is 2.30. The number of aliphatic carboxylic acids is 1. The highest BCUT2D eigenvalue weighted by atomic mass is 16.4. The molecule has 0 fully saturated rings. The summed E-state index contributed by atoms with van der Waals surface area (Å²) in [4.78, 5) is 24.3. The summed E-state index contributed by atoms with van der Waals surface area (Å²) in [6, 6.07) is 21.8. The first-order valence-electron chi connectivity index (χ1n) is 9.66. The topological polar surface area (TPSA) is 66.4 Å². The summed E-state index contributed by atoms with van der Waals surface area (Å²) in [5.41, 5.74) is 1.18. The summed E-state index contributed by atoms with van der Waals surface area (Å²) in [5.74, 6) is -1.47. The molecule has 0 aliphatic carbocycles. The molecule has 0 saturated carbocycles. The molecule has 1 amide bonds. The minimum absolute atomic E-state index is 0.397. The third kappa shape index (κ3) is 4.91. The maximum absolute atomic E-state index is 12.9. The fourth-order valence-corrected chi connectivity index (χ4v) is 3.17. The number of carboxylic acids is 1. The number of aryl methyl sites for hydroxylation is 1. The summed E-state index contributed by atoms with van der Waals surface area (Å²) >= 11 is 0. The summed E-state index contributed by atoms with van der Waals surface area (Å²) < 4.78 is 0. The number of amides is 1. The van der Waals surface area contributed by atoms with Crippen LogP contribution in [0.2, 0.25) is 0 Å². The van der Waals surface area contributed by atoms with Crippen LogP contribution in [0.5, 0.6) is 0 Å². The van der Waals surface area contributed by atoms with Gasteiger partial charge in [0.25, 0.3) is 5.91 Å². The minimum atomic E-state index is -1.35. The van der Waals surface area contributed by atoms with Crippen molar-refractivity contribution in [2.45, 2.75) is 32.2 Å². The molecular weight excluding hydrogens is 362 g/mol. The van der Waals surface area contributed by atoms with E-state index in [-0.39, 0.29) is 0 Å². The number of hydrogen-bond donors (Lipinski definition) is 2. The summed E-state index contributed by atoms with van der Waals surface area (Å²) in [6.45, 7) is 2.95. The van der Waals surface area contributed by atoms with Gasteiger partial charge in [0.1, 0.15) is 5.54 Å². The van der Waals surface area contributed by atoms with Crippen molar-refractivity contribution in [3.63, 3.8) is 0 Å². The van der Waals surface area contributed by atoms with Gasteiger partial charge in [-0.15, -0.1) is 0 Å². The van der Waals surface area contributed by atoms with Crippen LogP contribution >= 0.6 is 0 Å². The van der Waals surface area contributed by atoms with E-state index in [1.807, 2.05) is 54.6 Å². The van der Waals surface area contributed by atoms with Crippen LogP contribution < -0.4 is 5.32 Å². The van der Waals surface area contributed by atoms with Gasteiger partial charge in [0, 0.05) is 5.56 Å². The summed E-state index contributed by atoms with van der Waals surface area (Å²) in [7, 11) is 0. The lowest BCUT2D eigenvalue weighted by molar-refractivity contribution is -0.143. The van der Waals surface area contributed by atoms with E-state index in [2.05, 4.69) is 23.5 Å². The molecule has 0 aliphatic rings. The van der Waals surface area contributed by atoms with E-state index in [1.165, 1.54) is 19.4 Å². The molecule has 0 aliphatic heterocycles. The monoisotopic (exact) mass is 387 g/mol. The van der Waals surface area contributed by atoms with Crippen LogP contribution in [0.15, 0.2) is 72.8 Å². The number of hydrogen-bond acceptors (Lipinski definition) is 2. The van der Waals surface area contributed by atoms with Gasteiger partial charge in [0.05, 0.1) is 0 Å². The fourth-order valence-electron chi connectivity index (χ4n) is 3.17. The van der Waals surface area contributed by atoms with Crippen LogP contribution in [0.25, 0.3) is 16.8 Å². The van der Waals surface area contributed by atoms with E-state index in [1.54, 1.807) is 6.07 Å². The predicted molar refractivity (Wildman–Crippen MR) is 117 cm³/mol. The lowest BCUT2D eigenvalue weighted by atomic mass is 9.96. The number of carboxylic acid groups (broad SMARTS) is 1. The van der Waals surface area contributed by atoms with E-state index >= 15 is 0 Å². The molecule has 4 heteroatoms. The first-order valence-corrected chi connectivity index (χ1v) is 9.66. The number of benzene rings is 3. The Morgan fingerprint density at radius 2 is 1.66 bits per heavy atom. The minimum Gasteiger partial charge on any atom is -0.480 e. The van der Waals surface area contributed by atoms with Gasteiger partial charge >= 0.3 is 5.97 Å². The molecule has 0 radical (unpaired) electrons. The average Bonchev–Trinajstić information content (AvgIpc) is 2.71. The van der Waals surface area contributed by atoms with E-state index in [0.717, 1.165) is 29.2 Å². The zero-order chi connectivity index (χ0) is 20.9. The highest BCUT2D eigenvalue weighted by Crippen LogP contribution is 2.25. The molecule has 0 unspecified atom stereocenters. The van der Waals surface area contributed by atoms with Crippen LogP contribution in [0.1, 0.15) is 41.8 Å². The standard InChI is InChI=1S/C25H25NO3/c1-25(2,24(28)29)26-23(27)22-17-16-19-13-7-9-14-20(19)21(22)15-8-6-12-18-10-4-3-5-11-18/h3-5,7-11,13-17H,6,12H2,1-2H3,(H,26,27)(H,28,29)/b15-8-. The smallest absolute Gasteiger partial charge is 0.328 e. The maximum Gasteiger partial charge on any atom is 0.328 e. The normalized spacial score (nSPS) is 11.7. The maximum atomic E-state index is 12.9. The number of carbonyl (C=O) groups is 2. The zero-order valence-corrected chi connectivity index (χ0v) is 16.7. The summed E-state index contributed by atoms with van der Waals surface area (Å²) in [6.07, 6.45) is 5.78. The molecule has 0 spiro atoms. The van der Waals surface area contributed by atoms with Crippen molar-refractivity contribution in [3.8, 4) is 0 Å². The Morgan fingerprint density at radius 3 is 2.38 bits per heavy atom. The number of carbonyl (C=O) groups excluding carboxylic acids is 1. The van der Waals surface area contributed by atoms with Crippen LogP contribution in [0.3, 0.4) is 0 Å². The van der Waals surface area contributed by atoms with Crippen molar-refractivity contribution in [1.82, 2.24) is 5.32 Å². The largest absolute Gasteiger partial charge is 0.480 e. The number of rotatable bonds is 7. The molecule has 0 saturated heterocycles. The Bertz CT molecular complexity index is 1050. The van der Waals surface area contributed by atoms with Crippen molar-refractivity contribution in [2.24, 2.45) is 0 Å². The Labute approximate surface area is 170 Å². The second-order valence-electron chi connectivity index (χ2n) is 7.56. The highest BCUT2D eigenvalue weighted by molar-refractivity contribution is 6.06. The van der Waals surface area contributed by atoms with Gasteiger partial charge in [0.2, 0.25) is 0 Å².